The van der Waals surface area contributed by atoms with Crippen LogP contribution in [0, 0.1) is 0 Å². The van der Waals surface area contributed by atoms with Crippen LogP contribution in [-0.2, 0) is 5.60 Å². The van der Waals surface area contributed by atoms with Crippen LogP contribution in [0.5, 0.6) is 0 Å². The molecule has 0 saturated carbocycles. The monoisotopic (exact) mass is 251 g/mol. The van der Waals surface area contributed by atoms with Crippen LogP contribution in [0.3, 0.4) is 0 Å². The summed E-state index contributed by atoms with van der Waals surface area (Å²) < 4.78 is 0. The third kappa shape index (κ3) is 3.24. The van der Waals surface area contributed by atoms with Crippen molar-refractivity contribution in [1.82, 2.24) is 4.90 Å². The van der Waals surface area contributed by atoms with E-state index >= 15 is 0 Å². The number of nitrogens with zero attached hydrogens (tertiary/aromatic N) is 1. The molecular weight excluding hydrogens is 230 g/mol. The highest BCUT2D eigenvalue weighted by Crippen LogP contribution is 2.31. The van der Waals surface area contributed by atoms with Gasteiger partial charge in [0, 0.05) is 25.4 Å². The van der Waals surface area contributed by atoms with E-state index < -0.39 is 5.60 Å². The van der Waals surface area contributed by atoms with Crippen LogP contribution >= 0.6 is 11.8 Å². The molecule has 1 aromatic rings. The van der Waals surface area contributed by atoms with Crippen LogP contribution in [0.2, 0.25) is 0 Å². The molecule has 1 N–H and O–H groups in total. The molecule has 1 aliphatic heterocycles. The Morgan fingerprint density at radius 1 is 1.35 bits per heavy atom. The lowest BCUT2D eigenvalue weighted by atomic mass is 9.93. The van der Waals surface area contributed by atoms with Crippen LogP contribution in [0.25, 0.3) is 0 Å². The Hall–Kier alpha value is -0.510. The van der Waals surface area contributed by atoms with Crippen LogP contribution in [0.4, 0.5) is 0 Å². The van der Waals surface area contributed by atoms with Gasteiger partial charge in [0.1, 0.15) is 5.60 Å². The molecule has 94 valence electrons. The molecule has 1 atom stereocenters. The Kier molecular flexibility index (Phi) is 4.48. The molecule has 2 nitrogen and oxygen atoms in total. The number of β-amino-alcohol motifs (C(OH)–C–C–N with tert-alkyl or cyclic N) is 1. The summed E-state index contributed by atoms with van der Waals surface area (Å²) in [5.41, 5.74) is 0.434. The SMILES string of the molecule is CCSCCN1CCC(O)(c2ccccc2)C1. The first-order valence-electron chi connectivity index (χ1n) is 6.32. The highest BCUT2D eigenvalue weighted by atomic mass is 32.2. The maximum Gasteiger partial charge on any atom is 0.103 e. The molecule has 2 rings (SSSR count). The average Bonchev–Trinajstić information content (AvgIpc) is 2.74. The van der Waals surface area contributed by atoms with Gasteiger partial charge in [0.15, 0.2) is 0 Å². The predicted octanol–water partition coefficient (Wildman–Crippen LogP) is 2.33. The van der Waals surface area contributed by atoms with Crippen LogP contribution in [0.1, 0.15) is 18.9 Å². The minimum Gasteiger partial charge on any atom is -0.384 e. The lowest BCUT2D eigenvalue weighted by molar-refractivity contribution is 0.0469. The van der Waals surface area contributed by atoms with Crippen molar-refractivity contribution >= 4 is 11.8 Å². The van der Waals surface area contributed by atoms with Gasteiger partial charge in [0.2, 0.25) is 0 Å². The zero-order valence-corrected chi connectivity index (χ0v) is 11.2. The summed E-state index contributed by atoms with van der Waals surface area (Å²) in [5.74, 6) is 2.35. The molecule has 3 heteroatoms. The first kappa shape index (κ1) is 12.9. The summed E-state index contributed by atoms with van der Waals surface area (Å²) in [7, 11) is 0. The van der Waals surface area contributed by atoms with Crippen molar-refractivity contribution in [3.8, 4) is 0 Å². The molecule has 0 radical (unpaired) electrons. The number of hydrogen-bond acceptors (Lipinski definition) is 3. The van der Waals surface area contributed by atoms with E-state index in [1.165, 1.54) is 11.5 Å². The number of rotatable bonds is 5. The van der Waals surface area contributed by atoms with Gasteiger partial charge in [-0.2, -0.15) is 11.8 Å². The predicted molar refractivity (Wildman–Crippen MR) is 74.4 cm³/mol. The second-order valence-electron chi connectivity index (χ2n) is 4.62. The fraction of sp³-hybridized carbons (Fsp3) is 0.571. The zero-order valence-electron chi connectivity index (χ0n) is 10.4. The van der Waals surface area contributed by atoms with Gasteiger partial charge in [-0.1, -0.05) is 37.3 Å². The quantitative estimate of drug-likeness (QED) is 0.813. The highest BCUT2D eigenvalue weighted by molar-refractivity contribution is 7.99. The minimum atomic E-state index is -0.627. The normalized spacial score (nSPS) is 25.3. The smallest absolute Gasteiger partial charge is 0.103 e. The average molecular weight is 251 g/mol. The third-order valence-electron chi connectivity index (χ3n) is 3.39. The Labute approximate surface area is 108 Å². The summed E-state index contributed by atoms with van der Waals surface area (Å²) in [4.78, 5) is 2.37. The molecule has 0 spiro atoms. The molecule has 1 heterocycles. The van der Waals surface area contributed by atoms with Crippen LogP contribution in [0.15, 0.2) is 30.3 Å². The Morgan fingerprint density at radius 3 is 2.82 bits per heavy atom. The second kappa shape index (κ2) is 5.89. The van der Waals surface area contributed by atoms with Crippen molar-refractivity contribution in [3.05, 3.63) is 35.9 Å². The van der Waals surface area contributed by atoms with Crippen LogP contribution < -0.4 is 0 Å². The van der Waals surface area contributed by atoms with Crippen molar-refractivity contribution < 1.29 is 5.11 Å². The Balaban J connectivity index is 1.92. The van der Waals surface area contributed by atoms with E-state index in [1.54, 1.807) is 0 Å². The number of benzene rings is 1. The molecule has 17 heavy (non-hydrogen) atoms. The van der Waals surface area contributed by atoms with E-state index in [0.717, 1.165) is 31.6 Å². The van der Waals surface area contributed by atoms with E-state index in [1.807, 2.05) is 42.1 Å². The molecule has 1 aliphatic rings. The summed E-state index contributed by atoms with van der Waals surface area (Å²) in [6.45, 7) is 5.07. The van der Waals surface area contributed by atoms with Crippen LogP contribution in [-0.4, -0.2) is 41.1 Å². The molecule has 1 saturated heterocycles. The second-order valence-corrected chi connectivity index (χ2v) is 6.01. The summed E-state index contributed by atoms with van der Waals surface area (Å²) in [6, 6.07) is 10.1. The van der Waals surface area contributed by atoms with E-state index in [2.05, 4.69) is 11.8 Å². The van der Waals surface area contributed by atoms with Gasteiger partial charge in [0.25, 0.3) is 0 Å². The van der Waals surface area contributed by atoms with Gasteiger partial charge in [-0.25, -0.2) is 0 Å². The first-order chi connectivity index (χ1) is 8.24. The number of likely N-dealkylation sites (tertiary alicyclic amines) is 1. The topological polar surface area (TPSA) is 23.5 Å². The van der Waals surface area contributed by atoms with Gasteiger partial charge in [-0.05, 0) is 17.7 Å². The standard InChI is InChI=1S/C14H21NOS/c1-2-17-11-10-15-9-8-14(16,12-15)13-6-4-3-5-7-13/h3-7,16H,2,8-12H2,1H3. The lowest BCUT2D eigenvalue weighted by Crippen LogP contribution is -2.31. The van der Waals surface area contributed by atoms with E-state index in [-0.39, 0.29) is 0 Å². The molecule has 0 amide bonds. The van der Waals surface area contributed by atoms with Gasteiger partial charge < -0.3 is 5.11 Å². The van der Waals surface area contributed by atoms with Gasteiger partial charge >= 0.3 is 0 Å². The number of aliphatic hydroxyl groups is 1. The van der Waals surface area contributed by atoms with E-state index in [0.29, 0.717) is 0 Å². The molecule has 1 unspecified atom stereocenters. The minimum absolute atomic E-state index is 0.627. The van der Waals surface area contributed by atoms with Gasteiger partial charge in [-0.15, -0.1) is 0 Å². The molecule has 1 aromatic carbocycles. The summed E-state index contributed by atoms with van der Waals surface area (Å²) >= 11 is 1.97. The molecule has 0 bridgehead atoms. The largest absolute Gasteiger partial charge is 0.384 e. The zero-order chi connectivity index (χ0) is 12.1. The first-order valence-corrected chi connectivity index (χ1v) is 7.48. The van der Waals surface area contributed by atoms with Gasteiger partial charge in [0.05, 0.1) is 0 Å². The maximum atomic E-state index is 10.6. The fourth-order valence-electron chi connectivity index (χ4n) is 2.38. The Bertz CT molecular complexity index is 343. The Morgan fingerprint density at radius 2 is 2.12 bits per heavy atom. The highest BCUT2D eigenvalue weighted by Gasteiger charge is 2.36. The summed E-state index contributed by atoms with van der Waals surface area (Å²) in [6.07, 6.45) is 0.855. The van der Waals surface area contributed by atoms with Crippen molar-refractivity contribution in [2.75, 3.05) is 31.1 Å². The molecule has 1 fully saturated rings. The fourth-order valence-corrected chi connectivity index (χ4v) is 3.06. The third-order valence-corrected chi connectivity index (χ3v) is 4.27. The van der Waals surface area contributed by atoms with Crippen molar-refractivity contribution in [2.45, 2.75) is 18.9 Å². The van der Waals surface area contributed by atoms with Crippen molar-refractivity contribution in [2.24, 2.45) is 0 Å². The maximum absolute atomic E-state index is 10.6. The number of thioether (sulfide) groups is 1. The van der Waals surface area contributed by atoms with E-state index in [9.17, 15) is 5.11 Å². The molecule has 0 aromatic heterocycles. The summed E-state index contributed by atoms with van der Waals surface area (Å²) in [5, 5.41) is 10.6. The van der Waals surface area contributed by atoms with Crippen molar-refractivity contribution in [1.29, 1.82) is 0 Å². The van der Waals surface area contributed by atoms with Gasteiger partial charge in [-0.3, -0.25) is 4.90 Å². The molecular formula is C14H21NOS. The van der Waals surface area contributed by atoms with E-state index in [4.69, 9.17) is 0 Å². The number of hydrogen-bond donors (Lipinski definition) is 1. The lowest BCUT2D eigenvalue weighted by Gasteiger charge is -2.24. The molecule has 0 aliphatic carbocycles. The van der Waals surface area contributed by atoms with Crippen molar-refractivity contribution in [3.63, 3.8) is 0 Å².